The van der Waals surface area contributed by atoms with Crippen LogP contribution in [-0.4, -0.2) is 49.5 Å². The first-order valence-corrected chi connectivity index (χ1v) is 7.30. The van der Waals surface area contributed by atoms with E-state index in [9.17, 15) is 18.0 Å². The minimum Gasteiger partial charge on any atom is -0.480 e. The fourth-order valence-corrected chi connectivity index (χ4v) is 1.82. The van der Waals surface area contributed by atoms with Gasteiger partial charge in [-0.1, -0.05) is 6.08 Å². The first-order chi connectivity index (χ1) is 8.17. The third-order valence-corrected chi connectivity index (χ3v) is 3.13. The van der Waals surface area contributed by atoms with Crippen LogP contribution in [0.2, 0.25) is 0 Å². The molecular weight excluding hydrogens is 260 g/mol. The molecule has 0 aromatic carbocycles. The van der Waals surface area contributed by atoms with Gasteiger partial charge in [0.1, 0.15) is 15.9 Å². The quantitative estimate of drug-likeness (QED) is 0.483. The van der Waals surface area contributed by atoms with Crippen LogP contribution in [0.5, 0.6) is 0 Å². The van der Waals surface area contributed by atoms with Crippen molar-refractivity contribution in [1.82, 2.24) is 5.32 Å². The zero-order valence-corrected chi connectivity index (χ0v) is 10.9. The highest BCUT2D eigenvalue weighted by Gasteiger charge is 2.23. The highest BCUT2D eigenvalue weighted by molar-refractivity contribution is 7.90. The van der Waals surface area contributed by atoms with Crippen LogP contribution in [0.3, 0.4) is 0 Å². The van der Waals surface area contributed by atoms with E-state index in [4.69, 9.17) is 10.8 Å². The molecule has 8 heteroatoms. The van der Waals surface area contributed by atoms with Crippen LogP contribution in [0, 0.1) is 0 Å². The average molecular weight is 278 g/mol. The predicted octanol–water partition coefficient (Wildman–Crippen LogP) is -1.11. The molecule has 0 aliphatic heterocycles. The molecule has 0 rings (SSSR count). The summed E-state index contributed by atoms with van der Waals surface area (Å²) in [6, 6.07) is -2.15. The van der Waals surface area contributed by atoms with Gasteiger partial charge in [0.15, 0.2) is 0 Å². The third kappa shape index (κ3) is 7.02. The zero-order valence-electron chi connectivity index (χ0n) is 10.1. The van der Waals surface area contributed by atoms with Crippen molar-refractivity contribution in [3.63, 3.8) is 0 Å². The van der Waals surface area contributed by atoms with Crippen molar-refractivity contribution in [2.24, 2.45) is 5.73 Å². The Bertz CT molecular complexity index is 418. The Kier molecular flexibility index (Phi) is 6.56. The smallest absolute Gasteiger partial charge is 0.326 e. The lowest BCUT2D eigenvalue weighted by atomic mass is 10.1. The number of carboxylic acids is 1. The van der Waals surface area contributed by atoms with Crippen molar-refractivity contribution in [1.29, 1.82) is 0 Å². The largest absolute Gasteiger partial charge is 0.480 e. The first-order valence-electron chi connectivity index (χ1n) is 5.24. The van der Waals surface area contributed by atoms with E-state index >= 15 is 0 Å². The van der Waals surface area contributed by atoms with E-state index in [0.717, 1.165) is 6.26 Å². The van der Waals surface area contributed by atoms with Crippen LogP contribution < -0.4 is 11.1 Å². The number of carboxylic acid groups (broad SMARTS) is 1. The summed E-state index contributed by atoms with van der Waals surface area (Å²) in [5.41, 5.74) is 5.46. The van der Waals surface area contributed by atoms with Crippen LogP contribution in [0.15, 0.2) is 12.7 Å². The number of aliphatic carboxylic acids is 1. The summed E-state index contributed by atoms with van der Waals surface area (Å²) in [7, 11) is -3.28. The van der Waals surface area contributed by atoms with Gasteiger partial charge >= 0.3 is 5.97 Å². The first kappa shape index (κ1) is 16.6. The second kappa shape index (κ2) is 7.12. The fraction of sp³-hybridized carbons (Fsp3) is 0.600. The predicted molar refractivity (Wildman–Crippen MR) is 66.7 cm³/mol. The maximum absolute atomic E-state index is 11.5. The van der Waals surface area contributed by atoms with Crippen LogP contribution >= 0.6 is 0 Å². The molecule has 0 saturated carbocycles. The maximum atomic E-state index is 11.5. The molecule has 0 radical (unpaired) electrons. The van der Waals surface area contributed by atoms with Crippen LogP contribution in [-0.2, 0) is 19.4 Å². The summed E-state index contributed by atoms with van der Waals surface area (Å²) in [4.78, 5) is 22.3. The summed E-state index contributed by atoms with van der Waals surface area (Å²) in [6.45, 7) is 3.41. The minimum atomic E-state index is -3.28. The number of amides is 1. The summed E-state index contributed by atoms with van der Waals surface area (Å²) >= 11 is 0. The van der Waals surface area contributed by atoms with E-state index in [1.54, 1.807) is 0 Å². The van der Waals surface area contributed by atoms with Gasteiger partial charge < -0.3 is 16.2 Å². The monoisotopic (exact) mass is 278 g/mol. The second-order valence-electron chi connectivity index (χ2n) is 3.95. The van der Waals surface area contributed by atoms with Gasteiger partial charge in [-0.15, -0.1) is 6.58 Å². The lowest BCUT2D eigenvalue weighted by Crippen LogP contribution is -2.48. The molecular formula is C10H18N2O5S. The van der Waals surface area contributed by atoms with E-state index in [1.165, 1.54) is 6.08 Å². The molecule has 4 N–H and O–H groups in total. The number of carbonyl (C=O) groups is 2. The van der Waals surface area contributed by atoms with Crippen LogP contribution in [0.25, 0.3) is 0 Å². The number of hydrogen-bond acceptors (Lipinski definition) is 5. The number of nitrogens with one attached hydrogen (secondary N) is 1. The lowest BCUT2D eigenvalue weighted by Gasteiger charge is -2.16. The van der Waals surface area contributed by atoms with Crippen molar-refractivity contribution in [2.75, 3.05) is 12.0 Å². The molecule has 0 aliphatic rings. The lowest BCUT2D eigenvalue weighted by molar-refractivity contribution is -0.142. The Hall–Kier alpha value is -1.41. The Labute approximate surface area is 106 Å². The molecule has 0 bridgehead atoms. The van der Waals surface area contributed by atoms with Crippen molar-refractivity contribution >= 4 is 21.7 Å². The van der Waals surface area contributed by atoms with Crippen LogP contribution in [0.4, 0.5) is 0 Å². The normalized spacial score (nSPS) is 14.6. The molecule has 7 nitrogen and oxygen atoms in total. The number of sulfone groups is 1. The van der Waals surface area contributed by atoms with E-state index in [1.807, 2.05) is 0 Å². The van der Waals surface area contributed by atoms with Gasteiger partial charge in [0, 0.05) is 6.26 Å². The van der Waals surface area contributed by atoms with Gasteiger partial charge in [-0.25, -0.2) is 13.2 Å². The molecule has 2 atom stereocenters. The molecule has 0 aliphatic carbocycles. The topological polar surface area (TPSA) is 127 Å². The van der Waals surface area contributed by atoms with E-state index < -0.39 is 33.8 Å². The van der Waals surface area contributed by atoms with Crippen molar-refractivity contribution in [2.45, 2.75) is 24.9 Å². The van der Waals surface area contributed by atoms with Crippen molar-refractivity contribution < 1.29 is 23.1 Å². The van der Waals surface area contributed by atoms with Gasteiger partial charge in [-0.2, -0.15) is 0 Å². The van der Waals surface area contributed by atoms with Gasteiger partial charge in [0.2, 0.25) is 5.91 Å². The summed E-state index contributed by atoms with van der Waals surface area (Å²) in [5, 5.41) is 11.1. The van der Waals surface area contributed by atoms with E-state index in [0.29, 0.717) is 0 Å². The molecule has 104 valence electrons. The molecule has 0 fully saturated rings. The Morgan fingerprint density at radius 1 is 1.50 bits per heavy atom. The molecule has 1 amide bonds. The van der Waals surface area contributed by atoms with Gasteiger partial charge in [0.25, 0.3) is 0 Å². The van der Waals surface area contributed by atoms with Gasteiger partial charge in [-0.05, 0) is 12.8 Å². The average Bonchev–Trinajstić information content (AvgIpc) is 2.22. The highest BCUT2D eigenvalue weighted by Crippen LogP contribution is 1.99. The summed E-state index contributed by atoms with van der Waals surface area (Å²) in [6.07, 6.45) is 2.46. The molecule has 0 aromatic heterocycles. The Morgan fingerprint density at radius 2 is 2.06 bits per heavy atom. The van der Waals surface area contributed by atoms with E-state index in [2.05, 4.69) is 11.9 Å². The third-order valence-electron chi connectivity index (χ3n) is 2.15. The van der Waals surface area contributed by atoms with Gasteiger partial charge in [-0.3, -0.25) is 4.79 Å². The minimum absolute atomic E-state index is 0.194. The fourth-order valence-electron chi connectivity index (χ4n) is 1.15. The molecule has 0 saturated heterocycles. The SMILES string of the molecule is C=CCC(N)C(=O)NC(CCS(C)(=O)=O)C(=O)O. The number of carbonyl (C=O) groups excluding carboxylic acids is 1. The number of rotatable bonds is 8. The van der Waals surface area contributed by atoms with Crippen molar-refractivity contribution in [3.05, 3.63) is 12.7 Å². The molecule has 0 spiro atoms. The standard InChI is InChI=1S/C10H18N2O5S/c1-3-4-7(11)9(13)12-8(10(14)15)5-6-18(2,16)17/h3,7-8H,1,4-6,11H2,2H3,(H,12,13)(H,14,15). The second-order valence-corrected chi connectivity index (χ2v) is 6.21. The Morgan fingerprint density at radius 3 is 2.44 bits per heavy atom. The van der Waals surface area contributed by atoms with E-state index in [-0.39, 0.29) is 18.6 Å². The van der Waals surface area contributed by atoms with Gasteiger partial charge in [0.05, 0.1) is 11.8 Å². The summed E-state index contributed by atoms with van der Waals surface area (Å²) < 4.78 is 21.9. The van der Waals surface area contributed by atoms with Crippen molar-refractivity contribution in [3.8, 4) is 0 Å². The highest BCUT2D eigenvalue weighted by atomic mass is 32.2. The zero-order chi connectivity index (χ0) is 14.3. The molecule has 0 heterocycles. The molecule has 18 heavy (non-hydrogen) atoms. The van der Waals surface area contributed by atoms with Crippen LogP contribution in [0.1, 0.15) is 12.8 Å². The summed E-state index contributed by atoms with van der Waals surface area (Å²) in [5.74, 6) is -2.25. The maximum Gasteiger partial charge on any atom is 0.326 e. The molecule has 2 unspecified atom stereocenters. The molecule has 0 aromatic rings. The Balaban J connectivity index is 4.49. The number of nitrogens with two attached hydrogens (primary N) is 1. The number of hydrogen-bond donors (Lipinski definition) is 3.